The third-order valence-electron chi connectivity index (χ3n) is 5.55. The molecule has 0 unspecified atom stereocenters. The number of nitrogens with two attached hydrogens (primary N) is 2. The van der Waals surface area contributed by atoms with Crippen LogP contribution < -0.4 is 27.0 Å². The Kier molecular flexibility index (Phi) is 10.3. The summed E-state index contributed by atoms with van der Waals surface area (Å²) in [5.74, 6) is 0. The first-order chi connectivity index (χ1) is 14.7. The Balaban J connectivity index is 0.00000155. The predicted octanol–water partition coefficient (Wildman–Crippen LogP) is 3.72. The molecule has 0 saturated carbocycles. The first-order valence-corrected chi connectivity index (χ1v) is 11.1. The molecule has 0 radical (unpaired) electrons. The third-order valence-corrected chi connectivity index (χ3v) is 5.55. The summed E-state index contributed by atoms with van der Waals surface area (Å²) < 4.78 is 0. The highest BCUT2D eigenvalue weighted by atomic mass is 15.1. The summed E-state index contributed by atoms with van der Waals surface area (Å²) in [5.41, 5.74) is 15.2. The van der Waals surface area contributed by atoms with Gasteiger partial charge in [0.15, 0.2) is 0 Å². The van der Waals surface area contributed by atoms with Crippen LogP contribution in [0.25, 0.3) is 10.8 Å². The van der Waals surface area contributed by atoms with Gasteiger partial charge < -0.3 is 27.0 Å². The largest absolute Gasteiger partial charge is 0.402 e. The zero-order valence-electron chi connectivity index (χ0n) is 18.7. The van der Waals surface area contributed by atoms with Gasteiger partial charge in [0.05, 0.1) is 0 Å². The van der Waals surface area contributed by atoms with Crippen LogP contribution in [0.2, 0.25) is 0 Å². The van der Waals surface area contributed by atoms with Gasteiger partial charge in [-0.3, -0.25) is 0 Å². The minimum Gasteiger partial charge on any atom is -0.402 e. The summed E-state index contributed by atoms with van der Waals surface area (Å²) in [6.07, 6.45) is 4.49. The average Bonchev–Trinajstić information content (AvgIpc) is 2.80. The number of nitrogens with zero attached hydrogens (tertiary/aromatic N) is 1. The number of anilines is 1. The monoisotopic (exact) mass is 409 g/mol. The second kappa shape index (κ2) is 12.9. The molecule has 30 heavy (non-hydrogen) atoms. The number of rotatable bonds is 10. The van der Waals surface area contributed by atoms with Gasteiger partial charge in [0, 0.05) is 49.8 Å². The fourth-order valence-electron chi connectivity index (χ4n) is 3.86. The topological polar surface area (TPSA) is 79.3 Å². The lowest BCUT2D eigenvalue weighted by Crippen LogP contribution is -2.35. The molecule has 0 bridgehead atoms. The van der Waals surface area contributed by atoms with Crippen molar-refractivity contribution in [1.29, 1.82) is 0 Å². The van der Waals surface area contributed by atoms with Gasteiger partial charge >= 0.3 is 0 Å². The molecule has 1 aliphatic carbocycles. The minimum absolute atomic E-state index is 0.873. The summed E-state index contributed by atoms with van der Waals surface area (Å²) in [4.78, 5) is 2.42. The van der Waals surface area contributed by atoms with Crippen LogP contribution in [0.5, 0.6) is 0 Å². The van der Waals surface area contributed by atoms with Crippen molar-refractivity contribution in [2.75, 3.05) is 44.7 Å². The van der Waals surface area contributed by atoms with E-state index in [1.54, 1.807) is 0 Å². The lowest BCUT2D eigenvalue weighted by molar-refractivity contribution is 0.625. The van der Waals surface area contributed by atoms with E-state index in [1.165, 1.54) is 41.9 Å². The second-order valence-corrected chi connectivity index (χ2v) is 7.48. The zero-order chi connectivity index (χ0) is 21.8. The van der Waals surface area contributed by atoms with E-state index in [0.717, 1.165) is 57.0 Å². The molecule has 3 rings (SSSR count). The lowest BCUT2D eigenvalue weighted by Gasteiger charge is -2.24. The molecular weight excluding hydrogens is 370 g/mol. The molecule has 2 aromatic carbocycles. The Morgan fingerprint density at radius 2 is 1.73 bits per heavy atom. The van der Waals surface area contributed by atoms with Gasteiger partial charge in [-0.05, 0) is 68.1 Å². The van der Waals surface area contributed by atoms with Gasteiger partial charge in [0.1, 0.15) is 0 Å². The molecule has 2 aromatic rings. The van der Waals surface area contributed by atoms with Crippen molar-refractivity contribution in [2.24, 2.45) is 11.5 Å². The molecule has 1 aliphatic rings. The molecule has 0 aromatic heterocycles. The van der Waals surface area contributed by atoms with E-state index in [2.05, 4.69) is 77.2 Å². The fraction of sp³-hybridized carbons (Fsp3) is 0.440. The van der Waals surface area contributed by atoms with E-state index in [-0.39, 0.29) is 0 Å². The standard InChI is InChI=1S/C24H34N4.CH5N/c1-3-28(22-13-12-20-8-4-5-9-21(20)18-22)17-16-26-14-15-27-19(2)23-10-6-7-11-24(23)25;1-2/h4-5,8-9,12-13,18,26-27H,2-3,6-7,10-11,14-17,25H2,1H3;2H2,1H3. The highest BCUT2D eigenvalue weighted by Gasteiger charge is 2.12. The van der Waals surface area contributed by atoms with E-state index in [4.69, 9.17) is 5.73 Å². The molecule has 0 amide bonds. The number of likely N-dealkylation sites (N-methyl/N-ethyl adjacent to an activating group) is 1. The Morgan fingerprint density at radius 1 is 1.00 bits per heavy atom. The summed E-state index contributed by atoms with van der Waals surface area (Å²) in [6, 6.07) is 15.2. The van der Waals surface area contributed by atoms with Crippen LogP contribution in [-0.2, 0) is 0 Å². The molecule has 0 spiro atoms. The molecule has 0 heterocycles. The number of hydrogen-bond acceptors (Lipinski definition) is 5. The van der Waals surface area contributed by atoms with Crippen LogP contribution in [0.3, 0.4) is 0 Å². The molecule has 0 saturated heterocycles. The normalized spacial score (nSPS) is 13.6. The number of fused-ring (bicyclic) bond motifs is 1. The molecule has 0 atom stereocenters. The molecule has 5 heteroatoms. The Labute approximate surface area is 182 Å². The Bertz CT molecular complexity index is 827. The Hall–Kier alpha value is -2.50. The highest BCUT2D eigenvalue weighted by Crippen LogP contribution is 2.25. The Morgan fingerprint density at radius 3 is 2.47 bits per heavy atom. The van der Waals surface area contributed by atoms with Gasteiger partial charge in [-0.1, -0.05) is 36.9 Å². The minimum atomic E-state index is 0.873. The number of nitrogens with one attached hydrogen (secondary N) is 2. The van der Waals surface area contributed by atoms with Crippen LogP contribution in [0.15, 0.2) is 66.0 Å². The summed E-state index contributed by atoms with van der Waals surface area (Å²) in [7, 11) is 1.50. The van der Waals surface area contributed by atoms with E-state index in [1.807, 2.05) is 0 Å². The van der Waals surface area contributed by atoms with Crippen molar-refractivity contribution in [2.45, 2.75) is 32.6 Å². The van der Waals surface area contributed by atoms with E-state index in [0.29, 0.717) is 0 Å². The predicted molar refractivity (Wildman–Crippen MR) is 132 cm³/mol. The number of hydrogen-bond donors (Lipinski definition) is 4. The maximum atomic E-state index is 6.13. The van der Waals surface area contributed by atoms with E-state index >= 15 is 0 Å². The van der Waals surface area contributed by atoms with Crippen LogP contribution in [-0.4, -0.2) is 39.8 Å². The first-order valence-electron chi connectivity index (χ1n) is 11.1. The van der Waals surface area contributed by atoms with Crippen molar-refractivity contribution in [3.05, 3.63) is 66.0 Å². The summed E-state index contributed by atoms with van der Waals surface area (Å²) in [6.45, 7) is 11.1. The van der Waals surface area contributed by atoms with Crippen molar-refractivity contribution < 1.29 is 0 Å². The van der Waals surface area contributed by atoms with Crippen molar-refractivity contribution in [3.63, 3.8) is 0 Å². The van der Waals surface area contributed by atoms with Gasteiger partial charge in [-0.2, -0.15) is 0 Å². The van der Waals surface area contributed by atoms with Gasteiger partial charge in [-0.15, -0.1) is 0 Å². The fourth-order valence-corrected chi connectivity index (χ4v) is 3.86. The number of allylic oxidation sites excluding steroid dienone is 2. The van der Waals surface area contributed by atoms with Gasteiger partial charge in [0.25, 0.3) is 0 Å². The quantitative estimate of drug-likeness (QED) is 0.450. The van der Waals surface area contributed by atoms with Crippen LogP contribution in [0, 0.1) is 0 Å². The van der Waals surface area contributed by atoms with Crippen LogP contribution >= 0.6 is 0 Å². The van der Waals surface area contributed by atoms with Crippen molar-refractivity contribution in [3.8, 4) is 0 Å². The average molecular weight is 410 g/mol. The molecule has 0 fully saturated rings. The molecule has 5 nitrogen and oxygen atoms in total. The van der Waals surface area contributed by atoms with E-state index < -0.39 is 0 Å². The van der Waals surface area contributed by atoms with Crippen LogP contribution in [0.1, 0.15) is 32.6 Å². The zero-order valence-corrected chi connectivity index (χ0v) is 18.7. The lowest BCUT2D eigenvalue weighted by atomic mass is 9.95. The SMILES string of the molecule is C=C(NCCNCCN(CC)c1ccc2ccccc2c1)C1=C(N)CCCC1.CN. The molecule has 0 aliphatic heterocycles. The highest BCUT2D eigenvalue weighted by molar-refractivity contribution is 5.85. The summed E-state index contributed by atoms with van der Waals surface area (Å²) in [5, 5.41) is 9.55. The second-order valence-electron chi connectivity index (χ2n) is 7.48. The van der Waals surface area contributed by atoms with E-state index in [9.17, 15) is 0 Å². The van der Waals surface area contributed by atoms with Crippen molar-refractivity contribution in [1.82, 2.24) is 10.6 Å². The van der Waals surface area contributed by atoms with Gasteiger partial charge in [0.2, 0.25) is 0 Å². The first kappa shape index (κ1) is 23.8. The maximum absolute atomic E-state index is 6.13. The number of benzene rings is 2. The maximum Gasteiger partial charge on any atom is 0.0372 e. The smallest absolute Gasteiger partial charge is 0.0372 e. The van der Waals surface area contributed by atoms with Gasteiger partial charge in [-0.25, -0.2) is 0 Å². The third kappa shape index (κ3) is 6.78. The van der Waals surface area contributed by atoms with Crippen LogP contribution in [0.4, 0.5) is 5.69 Å². The molecule has 164 valence electrons. The summed E-state index contributed by atoms with van der Waals surface area (Å²) >= 11 is 0. The van der Waals surface area contributed by atoms with Crippen molar-refractivity contribution >= 4 is 16.5 Å². The molecule has 6 N–H and O–H groups in total. The molecular formula is C25H39N5.